The number of carbonyl (C=O) groups is 2. The third-order valence-corrected chi connectivity index (χ3v) is 7.13. The van der Waals surface area contributed by atoms with Crippen molar-refractivity contribution >= 4 is 33.2 Å². The first-order valence-electron chi connectivity index (χ1n) is 10.0. The zero-order chi connectivity index (χ0) is 22.6. The maximum absolute atomic E-state index is 13.1. The highest BCUT2D eigenvalue weighted by molar-refractivity contribution is 7.89. The fourth-order valence-corrected chi connectivity index (χ4v) is 5.32. The van der Waals surface area contributed by atoms with Gasteiger partial charge in [-0.2, -0.15) is 4.31 Å². The molecule has 2 amide bonds. The van der Waals surface area contributed by atoms with Crippen LogP contribution in [0, 0.1) is 12.8 Å². The number of aryl methyl sites for hydroxylation is 1. The number of hydrogen-bond acceptors (Lipinski definition) is 5. The van der Waals surface area contributed by atoms with Crippen molar-refractivity contribution in [2.24, 2.45) is 5.92 Å². The summed E-state index contributed by atoms with van der Waals surface area (Å²) >= 11 is 0. The van der Waals surface area contributed by atoms with Crippen molar-refractivity contribution in [1.29, 1.82) is 0 Å². The van der Waals surface area contributed by atoms with Gasteiger partial charge in [0.1, 0.15) is 10.6 Å². The predicted octanol–water partition coefficient (Wildman–Crippen LogP) is 3.00. The third kappa shape index (κ3) is 5.42. The number of ether oxygens (including phenoxy) is 1. The number of rotatable bonds is 6. The zero-order valence-corrected chi connectivity index (χ0v) is 18.7. The van der Waals surface area contributed by atoms with Crippen LogP contribution in [0.25, 0.3) is 0 Å². The maximum atomic E-state index is 13.1. The lowest BCUT2D eigenvalue weighted by Gasteiger charge is -2.31. The van der Waals surface area contributed by atoms with E-state index in [0.29, 0.717) is 30.0 Å². The molecular weight excluding hydrogens is 418 g/mol. The van der Waals surface area contributed by atoms with Gasteiger partial charge in [-0.1, -0.05) is 12.1 Å². The van der Waals surface area contributed by atoms with Crippen molar-refractivity contribution in [2.75, 3.05) is 30.8 Å². The van der Waals surface area contributed by atoms with E-state index < -0.39 is 10.0 Å². The number of hydrogen-bond donors (Lipinski definition) is 2. The molecule has 166 valence electrons. The number of methoxy groups -OCH3 is 1. The first-order valence-corrected chi connectivity index (χ1v) is 11.5. The second kappa shape index (κ2) is 9.49. The monoisotopic (exact) mass is 445 g/mol. The molecule has 2 aromatic rings. The van der Waals surface area contributed by atoms with Crippen LogP contribution >= 0.6 is 0 Å². The second-order valence-corrected chi connectivity index (χ2v) is 9.49. The van der Waals surface area contributed by atoms with Gasteiger partial charge in [0, 0.05) is 37.3 Å². The molecule has 0 bridgehead atoms. The molecule has 1 aliphatic heterocycles. The van der Waals surface area contributed by atoms with E-state index in [1.54, 1.807) is 42.5 Å². The average molecular weight is 446 g/mol. The van der Waals surface area contributed by atoms with E-state index in [-0.39, 0.29) is 35.7 Å². The van der Waals surface area contributed by atoms with Gasteiger partial charge in [-0.05, 0) is 55.7 Å². The highest BCUT2D eigenvalue weighted by Crippen LogP contribution is 2.31. The molecule has 9 heteroatoms. The molecule has 1 aliphatic rings. The fourth-order valence-electron chi connectivity index (χ4n) is 3.61. The lowest BCUT2D eigenvalue weighted by Crippen LogP contribution is -2.41. The molecule has 1 fully saturated rings. The predicted molar refractivity (Wildman–Crippen MR) is 119 cm³/mol. The summed E-state index contributed by atoms with van der Waals surface area (Å²) in [6.07, 6.45) is 0.842. The Balaban J connectivity index is 1.65. The molecule has 2 N–H and O–H groups in total. The molecule has 0 saturated carbocycles. The van der Waals surface area contributed by atoms with Crippen LogP contribution in [0.4, 0.5) is 11.4 Å². The van der Waals surface area contributed by atoms with Crippen molar-refractivity contribution in [3.8, 4) is 5.75 Å². The number of sulfonamides is 1. The van der Waals surface area contributed by atoms with Crippen LogP contribution in [0.3, 0.4) is 0 Å². The Labute approximate surface area is 182 Å². The Hall–Kier alpha value is -2.91. The van der Waals surface area contributed by atoms with Crippen molar-refractivity contribution in [3.63, 3.8) is 0 Å². The summed E-state index contributed by atoms with van der Waals surface area (Å²) in [5.74, 6) is -0.341. The van der Waals surface area contributed by atoms with Crippen molar-refractivity contribution in [1.82, 2.24) is 4.31 Å². The molecule has 1 heterocycles. The lowest BCUT2D eigenvalue weighted by molar-refractivity contribution is -0.121. The molecule has 0 atom stereocenters. The van der Waals surface area contributed by atoms with E-state index in [1.165, 1.54) is 18.3 Å². The Morgan fingerprint density at radius 3 is 2.29 bits per heavy atom. The van der Waals surface area contributed by atoms with Gasteiger partial charge in [0.05, 0.1) is 7.11 Å². The van der Waals surface area contributed by atoms with Crippen LogP contribution in [-0.4, -0.2) is 44.7 Å². The molecule has 1 saturated heterocycles. The number of anilines is 2. The highest BCUT2D eigenvalue weighted by atomic mass is 32.2. The Morgan fingerprint density at radius 2 is 1.68 bits per heavy atom. The molecule has 0 aromatic heterocycles. The zero-order valence-electron chi connectivity index (χ0n) is 17.8. The summed E-state index contributed by atoms with van der Waals surface area (Å²) in [6, 6.07) is 12.0. The molecule has 0 spiro atoms. The first-order chi connectivity index (χ1) is 14.7. The molecule has 8 nitrogen and oxygen atoms in total. The molecule has 31 heavy (non-hydrogen) atoms. The summed E-state index contributed by atoms with van der Waals surface area (Å²) in [4.78, 5) is 24.0. The minimum absolute atomic E-state index is 0.146. The number of nitrogens with zero attached hydrogens (tertiary/aromatic N) is 1. The van der Waals surface area contributed by atoms with Gasteiger partial charge in [0.2, 0.25) is 21.8 Å². The minimum atomic E-state index is -3.72. The summed E-state index contributed by atoms with van der Waals surface area (Å²) in [7, 11) is -2.27. The lowest BCUT2D eigenvalue weighted by atomic mass is 9.97. The number of benzene rings is 2. The van der Waals surface area contributed by atoms with E-state index in [2.05, 4.69) is 10.6 Å². The number of nitrogens with one attached hydrogen (secondary N) is 2. The van der Waals surface area contributed by atoms with Crippen LogP contribution in [0.1, 0.15) is 25.3 Å². The van der Waals surface area contributed by atoms with Crippen molar-refractivity contribution < 1.29 is 22.7 Å². The highest BCUT2D eigenvalue weighted by Gasteiger charge is 2.33. The van der Waals surface area contributed by atoms with Crippen LogP contribution in [0.15, 0.2) is 47.4 Å². The molecule has 3 rings (SSSR count). The van der Waals surface area contributed by atoms with Gasteiger partial charge >= 0.3 is 0 Å². The van der Waals surface area contributed by atoms with Gasteiger partial charge in [-0.25, -0.2) is 8.42 Å². The van der Waals surface area contributed by atoms with Gasteiger partial charge in [-0.15, -0.1) is 0 Å². The summed E-state index contributed by atoms with van der Waals surface area (Å²) in [5.41, 5.74) is 2.00. The fraction of sp³-hybridized carbons (Fsp3) is 0.364. The maximum Gasteiger partial charge on any atom is 0.246 e. The molecule has 0 aliphatic carbocycles. The van der Waals surface area contributed by atoms with Crippen molar-refractivity contribution in [2.45, 2.75) is 31.6 Å². The quantitative estimate of drug-likeness (QED) is 0.711. The second-order valence-electron chi connectivity index (χ2n) is 7.58. The van der Waals surface area contributed by atoms with E-state index in [4.69, 9.17) is 4.74 Å². The van der Waals surface area contributed by atoms with Crippen LogP contribution in [0.2, 0.25) is 0 Å². The van der Waals surface area contributed by atoms with Crippen LogP contribution in [0.5, 0.6) is 5.75 Å². The normalized spacial score (nSPS) is 15.3. The molecule has 0 radical (unpaired) electrons. The van der Waals surface area contributed by atoms with E-state index in [0.717, 1.165) is 5.56 Å². The smallest absolute Gasteiger partial charge is 0.246 e. The van der Waals surface area contributed by atoms with Gasteiger partial charge in [-0.3, -0.25) is 9.59 Å². The van der Waals surface area contributed by atoms with Gasteiger partial charge < -0.3 is 15.4 Å². The molecular formula is C22H27N3O5S. The van der Waals surface area contributed by atoms with Crippen LogP contribution in [-0.2, 0) is 19.6 Å². The van der Waals surface area contributed by atoms with Gasteiger partial charge in [0.15, 0.2) is 0 Å². The Bertz CT molecular complexity index is 1080. The number of carbonyl (C=O) groups excluding carboxylic acids is 2. The Kier molecular flexibility index (Phi) is 6.97. The van der Waals surface area contributed by atoms with E-state index in [1.807, 2.05) is 6.92 Å². The average Bonchev–Trinajstić information content (AvgIpc) is 2.73. The van der Waals surface area contributed by atoms with Crippen LogP contribution < -0.4 is 15.4 Å². The van der Waals surface area contributed by atoms with Gasteiger partial charge in [0.25, 0.3) is 0 Å². The molecule has 2 aromatic carbocycles. The Morgan fingerprint density at radius 1 is 1.03 bits per heavy atom. The first kappa shape index (κ1) is 22.8. The SMILES string of the molecule is COc1ccc(C)cc1S(=O)(=O)N1CCC(C(=O)Nc2cccc(NC(C)=O)c2)CC1. The third-order valence-electron chi connectivity index (χ3n) is 5.21. The summed E-state index contributed by atoms with van der Waals surface area (Å²) in [5, 5.41) is 5.53. The number of piperidine rings is 1. The largest absolute Gasteiger partial charge is 0.495 e. The van der Waals surface area contributed by atoms with Crippen molar-refractivity contribution in [3.05, 3.63) is 48.0 Å². The van der Waals surface area contributed by atoms with E-state index >= 15 is 0 Å². The molecule has 0 unspecified atom stereocenters. The standard InChI is InChI=1S/C22H27N3O5S/c1-15-7-8-20(30-3)21(13-15)31(28,29)25-11-9-17(10-12-25)22(27)24-19-6-4-5-18(14-19)23-16(2)26/h4-8,13-14,17H,9-12H2,1-3H3,(H,23,26)(H,24,27). The summed E-state index contributed by atoms with van der Waals surface area (Å²) < 4.78 is 32.9. The summed E-state index contributed by atoms with van der Waals surface area (Å²) in [6.45, 7) is 3.75. The topological polar surface area (TPSA) is 105 Å². The minimum Gasteiger partial charge on any atom is -0.495 e. The van der Waals surface area contributed by atoms with E-state index in [9.17, 15) is 18.0 Å². The number of amides is 2.